The van der Waals surface area contributed by atoms with Gasteiger partial charge in [-0.3, -0.25) is 9.69 Å². The molecule has 1 N–H and O–H groups in total. The molecule has 0 aromatic rings. The van der Waals surface area contributed by atoms with Crippen LogP contribution < -0.4 is 0 Å². The molecule has 0 unspecified atom stereocenters. The zero-order valence-electron chi connectivity index (χ0n) is 16.9. The van der Waals surface area contributed by atoms with Crippen molar-refractivity contribution in [3.05, 3.63) is 0 Å². The van der Waals surface area contributed by atoms with E-state index in [2.05, 4.69) is 53.4 Å². The van der Waals surface area contributed by atoms with Crippen molar-refractivity contribution in [2.24, 2.45) is 0 Å². The maximum absolute atomic E-state index is 12.5. The van der Waals surface area contributed by atoms with E-state index in [-0.39, 0.29) is 28.7 Å². The van der Waals surface area contributed by atoms with E-state index < -0.39 is 0 Å². The summed E-state index contributed by atoms with van der Waals surface area (Å²) in [6.45, 7) is 15.7. The van der Waals surface area contributed by atoms with Gasteiger partial charge in [0, 0.05) is 16.6 Å². The molecule has 0 aromatic carbocycles. The van der Waals surface area contributed by atoms with Gasteiger partial charge in [-0.25, -0.2) is 0 Å². The highest BCUT2D eigenvalue weighted by atomic mass is 16.5. The van der Waals surface area contributed by atoms with Crippen molar-refractivity contribution in [1.82, 2.24) is 4.90 Å². The minimum atomic E-state index is -0.283. The normalized spacial score (nSPS) is 21.7. The van der Waals surface area contributed by atoms with E-state index in [0.717, 1.165) is 38.5 Å². The number of carbonyl (C=O) groups is 1. The standard InChI is InChI=1S/C20H39NO3/c1-8-11-12-24-17(23)15-20(9-2,10-3)21-18(4,5)13-16(22)14-19(21,6)7/h16,22H,8-15H2,1-7H3. The Morgan fingerprint density at radius 3 is 2.04 bits per heavy atom. The summed E-state index contributed by atoms with van der Waals surface area (Å²) < 4.78 is 5.47. The van der Waals surface area contributed by atoms with Crippen molar-refractivity contribution in [2.45, 2.75) is 116 Å². The summed E-state index contributed by atoms with van der Waals surface area (Å²) in [5, 5.41) is 10.3. The van der Waals surface area contributed by atoms with Crippen LogP contribution in [0.5, 0.6) is 0 Å². The summed E-state index contributed by atoms with van der Waals surface area (Å²) >= 11 is 0. The lowest BCUT2D eigenvalue weighted by Crippen LogP contribution is -2.70. The Balaban J connectivity index is 3.09. The van der Waals surface area contributed by atoms with Gasteiger partial charge in [0.15, 0.2) is 0 Å². The van der Waals surface area contributed by atoms with Gasteiger partial charge in [-0.2, -0.15) is 0 Å². The summed E-state index contributed by atoms with van der Waals surface area (Å²) in [4.78, 5) is 15.0. The molecule has 4 nitrogen and oxygen atoms in total. The Morgan fingerprint density at radius 1 is 1.12 bits per heavy atom. The number of unbranched alkanes of at least 4 members (excludes halogenated alkanes) is 1. The Labute approximate surface area is 148 Å². The molecule has 0 radical (unpaired) electrons. The summed E-state index contributed by atoms with van der Waals surface area (Å²) in [7, 11) is 0. The quantitative estimate of drug-likeness (QED) is 0.528. The number of likely N-dealkylation sites (tertiary alicyclic amines) is 1. The predicted molar refractivity (Wildman–Crippen MR) is 99.0 cm³/mol. The van der Waals surface area contributed by atoms with Gasteiger partial charge in [0.1, 0.15) is 0 Å². The molecular formula is C20H39NO3. The number of carbonyl (C=O) groups excluding carboxylic acids is 1. The maximum Gasteiger partial charge on any atom is 0.307 e. The molecule has 0 atom stereocenters. The largest absolute Gasteiger partial charge is 0.466 e. The van der Waals surface area contributed by atoms with Crippen LogP contribution in [0.1, 0.15) is 93.4 Å². The first kappa shape index (κ1) is 21.4. The zero-order valence-corrected chi connectivity index (χ0v) is 16.9. The number of hydrogen-bond donors (Lipinski definition) is 1. The van der Waals surface area contributed by atoms with Crippen LogP contribution in [0, 0.1) is 0 Å². The summed E-state index contributed by atoms with van der Waals surface area (Å²) in [6, 6.07) is 0. The maximum atomic E-state index is 12.5. The lowest BCUT2D eigenvalue weighted by molar-refractivity contribution is -0.165. The van der Waals surface area contributed by atoms with Crippen molar-refractivity contribution >= 4 is 5.97 Å². The molecule has 1 aliphatic heterocycles. The number of ether oxygens (including phenoxy) is 1. The highest BCUT2D eigenvalue weighted by Gasteiger charge is 2.53. The van der Waals surface area contributed by atoms with Crippen molar-refractivity contribution < 1.29 is 14.6 Å². The van der Waals surface area contributed by atoms with Gasteiger partial charge in [-0.05, 0) is 59.8 Å². The van der Waals surface area contributed by atoms with Gasteiger partial charge in [0.25, 0.3) is 0 Å². The lowest BCUT2D eigenvalue weighted by Gasteiger charge is -2.62. The SMILES string of the molecule is CCCCOC(=O)CC(CC)(CC)N1C(C)(C)CC(O)CC1(C)C. The second-order valence-corrected chi connectivity index (χ2v) is 8.70. The molecule has 0 spiro atoms. The third-order valence-corrected chi connectivity index (χ3v) is 5.71. The molecule has 0 bridgehead atoms. The van der Waals surface area contributed by atoms with Crippen LogP contribution in [0.4, 0.5) is 0 Å². The van der Waals surface area contributed by atoms with Crippen LogP contribution in [-0.2, 0) is 9.53 Å². The first-order valence-electron chi connectivity index (χ1n) is 9.69. The van der Waals surface area contributed by atoms with Crippen LogP contribution in [0.25, 0.3) is 0 Å². The molecule has 1 rings (SSSR count). The molecule has 0 aliphatic carbocycles. The van der Waals surface area contributed by atoms with E-state index in [0.29, 0.717) is 13.0 Å². The topological polar surface area (TPSA) is 49.8 Å². The zero-order chi connectivity index (χ0) is 18.6. The van der Waals surface area contributed by atoms with E-state index in [1.54, 1.807) is 0 Å². The average molecular weight is 342 g/mol. The first-order valence-corrected chi connectivity index (χ1v) is 9.69. The minimum Gasteiger partial charge on any atom is -0.466 e. The van der Waals surface area contributed by atoms with Gasteiger partial charge in [-0.1, -0.05) is 27.2 Å². The molecule has 0 saturated carbocycles. The number of rotatable bonds is 8. The molecule has 4 heteroatoms. The monoisotopic (exact) mass is 341 g/mol. The third-order valence-electron chi connectivity index (χ3n) is 5.71. The number of aliphatic hydroxyl groups is 1. The second-order valence-electron chi connectivity index (χ2n) is 8.70. The fourth-order valence-corrected chi connectivity index (χ4v) is 5.06. The van der Waals surface area contributed by atoms with Gasteiger partial charge in [-0.15, -0.1) is 0 Å². The van der Waals surface area contributed by atoms with Crippen molar-refractivity contribution in [1.29, 1.82) is 0 Å². The number of esters is 1. The van der Waals surface area contributed by atoms with E-state index in [1.807, 2.05) is 0 Å². The number of hydrogen-bond acceptors (Lipinski definition) is 4. The lowest BCUT2D eigenvalue weighted by atomic mass is 9.71. The summed E-state index contributed by atoms with van der Waals surface area (Å²) in [6.07, 6.45) is 5.37. The molecule has 1 saturated heterocycles. The van der Waals surface area contributed by atoms with E-state index in [4.69, 9.17) is 4.74 Å². The molecule has 0 amide bonds. The van der Waals surface area contributed by atoms with Crippen LogP contribution in [0.2, 0.25) is 0 Å². The van der Waals surface area contributed by atoms with Gasteiger partial charge < -0.3 is 9.84 Å². The number of piperidine rings is 1. The fourth-order valence-electron chi connectivity index (χ4n) is 5.06. The predicted octanol–water partition coefficient (Wildman–Crippen LogP) is 4.29. The van der Waals surface area contributed by atoms with Crippen LogP contribution in [0.15, 0.2) is 0 Å². The van der Waals surface area contributed by atoms with Gasteiger partial charge in [0.05, 0.1) is 19.1 Å². The molecule has 1 aliphatic rings. The molecule has 1 fully saturated rings. The Kier molecular flexibility index (Phi) is 7.30. The minimum absolute atomic E-state index is 0.0927. The average Bonchev–Trinajstić information content (AvgIpc) is 2.43. The summed E-state index contributed by atoms with van der Waals surface area (Å²) in [5.74, 6) is -0.0927. The molecule has 0 aromatic heterocycles. The van der Waals surface area contributed by atoms with Gasteiger partial charge in [0.2, 0.25) is 0 Å². The van der Waals surface area contributed by atoms with E-state index in [1.165, 1.54) is 0 Å². The number of aliphatic hydroxyl groups excluding tert-OH is 1. The summed E-state index contributed by atoms with van der Waals surface area (Å²) in [5.41, 5.74) is -0.537. The smallest absolute Gasteiger partial charge is 0.307 e. The van der Waals surface area contributed by atoms with Crippen molar-refractivity contribution in [3.8, 4) is 0 Å². The Hall–Kier alpha value is -0.610. The fraction of sp³-hybridized carbons (Fsp3) is 0.950. The van der Waals surface area contributed by atoms with Crippen molar-refractivity contribution in [3.63, 3.8) is 0 Å². The van der Waals surface area contributed by atoms with Crippen LogP contribution >= 0.6 is 0 Å². The first-order chi connectivity index (χ1) is 11.0. The molecular weight excluding hydrogens is 302 g/mol. The molecule has 1 heterocycles. The van der Waals surface area contributed by atoms with Crippen LogP contribution in [0.3, 0.4) is 0 Å². The van der Waals surface area contributed by atoms with E-state index >= 15 is 0 Å². The Morgan fingerprint density at radius 2 is 1.62 bits per heavy atom. The Bertz CT molecular complexity index is 395. The van der Waals surface area contributed by atoms with E-state index in [9.17, 15) is 9.90 Å². The molecule has 142 valence electrons. The second kappa shape index (κ2) is 8.18. The third kappa shape index (κ3) is 4.72. The van der Waals surface area contributed by atoms with Crippen LogP contribution in [-0.4, -0.2) is 45.3 Å². The number of nitrogens with zero attached hydrogens (tertiary/aromatic N) is 1. The van der Waals surface area contributed by atoms with Gasteiger partial charge >= 0.3 is 5.97 Å². The van der Waals surface area contributed by atoms with Crippen molar-refractivity contribution in [2.75, 3.05) is 6.61 Å². The highest BCUT2D eigenvalue weighted by Crippen LogP contribution is 2.47. The molecule has 24 heavy (non-hydrogen) atoms. The highest BCUT2D eigenvalue weighted by molar-refractivity contribution is 5.71.